The Hall–Kier alpha value is -1.32. The summed E-state index contributed by atoms with van der Waals surface area (Å²) >= 11 is 0. The van der Waals surface area contributed by atoms with Crippen LogP contribution in [0.3, 0.4) is 0 Å². The molecule has 4 heteroatoms. The van der Waals surface area contributed by atoms with Gasteiger partial charge in [-0.05, 0) is 12.3 Å². The van der Waals surface area contributed by atoms with Gasteiger partial charge < -0.3 is 9.67 Å². The molecule has 1 N–H and O–H groups in total. The molecule has 0 bridgehead atoms. The highest BCUT2D eigenvalue weighted by molar-refractivity contribution is 5.77. The largest absolute Gasteiger partial charge is 0.481 e. The fraction of sp³-hybridized carbons (Fsp3) is 0.636. The first kappa shape index (κ1) is 10.2. The number of aromatic nitrogens is 2. The van der Waals surface area contributed by atoms with Crippen LogP contribution < -0.4 is 0 Å². The number of imidazole rings is 1. The second-order valence-corrected chi connectivity index (χ2v) is 4.69. The lowest BCUT2D eigenvalue weighted by molar-refractivity contribution is -0.139. The average molecular weight is 208 g/mol. The number of aliphatic carboxylic acids is 1. The third-order valence-corrected chi connectivity index (χ3v) is 3.46. The standard InChI is InChI=1S/C11H16N2O2/c1-4-13-6-5-12-9(13)7-8(10(14)15)11(7,2)3/h5-8H,4H2,1-3H3,(H,14,15). The number of hydrogen-bond acceptors (Lipinski definition) is 2. The van der Waals surface area contributed by atoms with Gasteiger partial charge in [0, 0.05) is 24.9 Å². The van der Waals surface area contributed by atoms with Crippen molar-refractivity contribution in [2.24, 2.45) is 11.3 Å². The first-order chi connectivity index (χ1) is 7.00. The highest BCUT2D eigenvalue weighted by Crippen LogP contribution is 2.63. The van der Waals surface area contributed by atoms with Gasteiger partial charge >= 0.3 is 5.97 Å². The van der Waals surface area contributed by atoms with Gasteiger partial charge in [0.25, 0.3) is 0 Å². The SMILES string of the molecule is CCn1ccnc1C1C(C(=O)O)C1(C)C. The Kier molecular flexibility index (Phi) is 2.10. The molecule has 1 saturated carbocycles. The van der Waals surface area contributed by atoms with Gasteiger partial charge in [-0.3, -0.25) is 4.79 Å². The highest BCUT2D eigenvalue weighted by atomic mass is 16.4. The van der Waals surface area contributed by atoms with Gasteiger partial charge in [-0.15, -0.1) is 0 Å². The maximum atomic E-state index is 11.0. The molecule has 4 nitrogen and oxygen atoms in total. The lowest BCUT2D eigenvalue weighted by Crippen LogP contribution is -2.04. The van der Waals surface area contributed by atoms with Crippen molar-refractivity contribution in [1.29, 1.82) is 0 Å². The first-order valence-electron chi connectivity index (χ1n) is 5.24. The number of rotatable bonds is 3. The molecular formula is C11H16N2O2. The zero-order valence-electron chi connectivity index (χ0n) is 9.27. The van der Waals surface area contributed by atoms with Crippen molar-refractivity contribution in [3.63, 3.8) is 0 Å². The van der Waals surface area contributed by atoms with E-state index in [0.29, 0.717) is 0 Å². The summed E-state index contributed by atoms with van der Waals surface area (Å²) in [5, 5.41) is 9.08. The van der Waals surface area contributed by atoms with Crippen molar-refractivity contribution in [2.75, 3.05) is 0 Å². The molecule has 1 aliphatic carbocycles. The van der Waals surface area contributed by atoms with Crippen LogP contribution in [0, 0.1) is 11.3 Å². The van der Waals surface area contributed by atoms with E-state index < -0.39 is 5.97 Å². The Morgan fingerprint density at radius 1 is 1.67 bits per heavy atom. The molecule has 0 saturated heterocycles. The minimum absolute atomic E-state index is 0.0601. The summed E-state index contributed by atoms with van der Waals surface area (Å²) in [7, 11) is 0. The molecule has 0 spiro atoms. The van der Waals surface area contributed by atoms with Gasteiger partial charge in [0.1, 0.15) is 5.82 Å². The number of nitrogens with zero attached hydrogens (tertiary/aromatic N) is 2. The number of aryl methyl sites for hydroxylation is 1. The van der Waals surface area contributed by atoms with E-state index in [9.17, 15) is 4.79 Å². The van der Waals surface area contributed by atoms with Gasteiger partial charge in [-0.1, -0.05) is 13.8 Å². The predicted octanol–water partition coefficient (Wildman–Crippen LogP) is 1.73. The maximum Gasteiger partial charge on any atom is 0.307 e. The van der Waals surface area contributed by atoms with Crippen LogP contribution in [0.1, 0.15) is 32.5 Å². The molecular weight excluding hydrogens is 192 g/mol. The minimum Gasteiger partial charge on any atom is -0.481 e. The van der Waals surface area contributed by atoms with Crippen LogP contribution in [0.25, 0.3) is 0 Å². The van der Waals surface area contributed by atoms with Gasteiger partial charge in [-0.2, -0.15) is 0 Å². The van der Waals surface area contributed by atoms with Crippen LogP contribution in [0.5, 0.6) is 0 Å². The van der Waals surface area contributed by atoms with Crippen molar-refractivity contribution in [3.05, 3.63) is 18.2 Å². The van der Waals surface area contributed by atoms with Crippen molar-refractivity contribution >= 4 is 5.97 Å². The summed E-state index contributed by atoms with van der Waals surface area (Å²) in [4.78, 5) is 15.3. The van der Waals surface area contributed by atoms with Gasteiger partial charge in [0.2, 0.25) is 0 Å². The quantitative estimate of drug-likeness (QED) is 0.823. The van der Waals surface area contributed by atoms with Gasteiger partial charge in [-0.25, -0.2) is 4.98 Å². The molecule has 1 aliphatic rings. The molecule has 1 aromatic heterocycles. The highest BCUT2D eigenvalue weighted by Gasteiger charge is 2.64. The summed E-state index contributed by atoms with van der Waals surface area (Å²) in [6.45, 7) is 6.86. The first-order valence-corrected chi connectivity index (χ1v) is 5.24. The molecule has 0 aromatic carbocycles. The topological polar surface area (TPSA) is 55.1 Å². The fourth-order valence-corrected chi connectivity index (χ4v) is 2.45. The lowest BCUT2D eigenvalue weighted by atomic mass is 10.1. The van der Waals surface area contributed by atoms with Crippen LogP contribution in [-0.4, -0.2) is 20.6 Å². The Bertz CT molecular complexity index is 395. The second kappa shape index (κ2) is 3.08. The van der Waals surface area contributed by atoms with E-state index in [1.807, 2.05) is 31.5 Å². The molecule has 2 unspecified atom stereocenters. The van der Waals surface area contributed by atoms with Crippen molar-refractivity contribution in [1.82, 2.24) is 9.55 Å². The van der Waals surface area contributed by atoms with E-state index in [-0.39, 0.29) is 17.3 Å². The molecule has 2 atom stereocenters. The predicted molar refractivity (Wildman–Crippen MR) is 55.5 cm³/mol. The zero-order chi connectivity index (χ0) is 11.2. The van der Waals surface area contributed by atoms with Crippen molar-refractivity contribution in [3.8, 4) is 0 Å². The van der Waals surface area contributed by atoms with Crippen LogP contribution in [0.2, 0.25) is 0 Å². The van der Waals surface area contributed by atoms with Crippen molar-refractivity contribution in [2.45, 2.75) is 33.2 Å². The lowest BCUT2D eigenvalue weighted by Gasteiger charge is -2.04. The molecule has 1 fully saturated rings. The Morgan fingerprint density at radius 2 is 2.33 bits per heavy atom. The van der Waals surface area contributed by atoms with Crippen molar-refractivity contribution < 1.29 is 9.90 Å². The molecule has 0 amide bonds. The molecule has 82 valence electrons. The monoisotopic (exact) mass is 208 g/mol. The van der Waals surface area contributed by atoms with E-state index in [2.05, 4.69) is 4.98 Å². The fourth-order valence-electron chi connectivity index (χ4n) is 2.45. The summed E-state index contributed by atoms with van der Waals surface area (Å²) < 4.78 is 2.02. The summed E-state index contributed by atoms with van der Waals surface area (Å²) in [5.41, 5.74) is -0.163. The molecule has 1 heterocycles. The summed E-state index contributed by atoms with van der Waals surface area (Å²) in [5.74, 6) is -0.0271. The van der Waals surface area contributed by atoms with E-state index in [0.717, 1.165) is 12.4 Å². The Labute approximate surface area is 88.9 Å². The Balaban J connectivity index is 2.31. The van der Waals surface area contributed by atoms with Crippen LogP contribution in [-0.2, 0) is 11.3 Å². The van der Waals surface area contributed by atoms with E-state index >= 15 is 0 Å². The number of carboxylic acid groups (broad SMARTS) is 1. The molecule has 2 rings (SSSR count). The number of hydrogen-bond donors (Lipinski definition) is 1. The summed E-state index contributed by atoms with van der Waals surface area (Å²) in [6.07, 6.45) is 3.65. The van der Waals surface area contributed by atoms with Crippen LogP contribution >= 0.6 is 0 Å². The minimum atomic E-state index is -0.712. The van der Waals surface area contributed by atoms with E-state index in [1.165, 1.54) is 0 Å². The molecule has 15 heavy (non-hydrogen) atoms. The normalized spacial score (nSPS) is 27.7. The van der Waals surface area contributed by atoms with Crippen LogP contribution in [0.4, 0.5) is 0 Å². The molecule has 0 aliphatic heterocycles. The number of carbonyl (C=O) groups is 1. The third-order valence-electron chi connectivity index (χ3n) is 3.46. The third kappa shape index (κ3) is 1.35. The number of carboxylic acids is 1. The zero-order valence-corrected chi connectivity index (χ0v) is 9.27. The van der Waals surface area contributed by atoms with Crippen LogP contribution in [0.15, 0.2) is 12.4 Å². The molecule has 1 aromatic rings. The van der Waals surface area contributed by atoms with E-state index in [1.54, 1.807) is 6.20 Å². The average Bonchev–Trinajstić information content (AvgIpc) is 2.58. The maximum absolute atomic E-state index is 11.0. The van der Waals surface area contributed by atoms with E-state index in [4.69, 9.17) is 5.11 Å². The van der Waals surface area contributed by atoms with Gasteiger partial charge in [0.05, 0.1) is 5.92 Å². The molecule has 0 radical (unpaired) electrons. The summed E-state index contributed by atoms with van der Waals surface area (Å²) in [6, 6.07) is 0. The van der Waals surface area contributed by atoms with Gasteiger partial charge in [0.15, 0.2) is 0 Å². The second-order valence-electron chi connectivity index (χ2n) is 4.69. The Morgan fingerprint density at radius 3 is 2.80 bits per heavy atom. The smallest absolute Gasteiger partial charge is 0.307 e.